The lowest BCUT2D eigenvalue weighted by Crippen LogP contribution is -2.56. The van der Waals surface area contributed by atoms with Gasteiger partial charge >= 0.3 is 10.2 Å². The number of fused-ring (bicyclic) bond motifs is 3. The van der Waals surface area contributed by atoms with Crippen LogP contribution in [0.4, 0.5) is 0 Å². The molecule has 2 bridgehead atoms. The van der Waals surface area contributed by atoms with Gasteiger partial charge < -0.3 is 19.1 Å². The number of methoxy groups -OCH3 is 1. The second-order valence-corrected chi connectivity index (χ2v) is 17.0. The number of carbonyl (C=O) groups is 2. The van der Waals surface area contributed by atoms with Gasteiger partial charge in [-0.1, -0.05) is 25.3 Å². The van der Waals surface area contributed by atoms with Gasteiger partial charge in [-0.05, 0) is 99.0 Å². The first kappa shape index (κ1) is 33.1. The molecule has 2 amide bonds. The van der Waals surface area contributed by atoms with Crippen LogP contribution in [0.2, 0.25) is 0 Å². The monoisotopic (exact) mass is 675 g/mol. The van der Waals surface area contributed by atoms with Crippen molar-refractivity contribution in [1.29, 1.82) is 0 Å². The molecule has 4 fully saturated rings. The third-order valence-electron chi connectivity index (χ3n) is 11.5. The van der Waals surface area contributed by atoms with Crippen molar-refractivity contribution in [2.24, 2.45) is 5.41 Å². The van der Waals surface area contributed by atoms with Crippen LogP contribution in [0.5, 0.6) is 5.75 Å². The normalized spacial score (nSPS) is 22.8. The van der Waals surface area contributed by atoms with E-state index in [1.807, 2.05) is 24.3 Å². The number of carbonyl (C=O) groups excluding carboxylic acids is 2. The summed E-state index contributed by atoms with van der Waals surface area (Å²) in [6.45, 7) is 2.36. The van der Waals surface area contributed by atoms with Crippen molar-refractivity contribution < 1.29 is 22.7 Å². The van der Waals surface area contributed by atoms with Gasteiger partial charge in [0.1, 0.15) is 5.75 Å². The number of aromatic nitrogens is 1. The molecule has 0 radical (unpaired) electrons. The van der Waals surface area contributed by atoms with Gasteiger partial charge in [0.25, 0.3) is 5.91 Å². The van der Waals surface area contributed by atoms with Crippen LogP contribution in [0.1, 0.15) is 79.6 Å². The Bertz CT molecular complexity index is 1810. The minimum Gasteiger partial charge on any atom is -0.497 e. The number of likely N-dealkylation sites (N-methyl/N-ethyl adjacent to an activating group) is 1. The lowest BCUT2D eigenvalue weighted by Gasteiger charge is -2.41. The van der Waals surface area contributed by atoms with E-state index in [1.165, 1.54) is 33.1 Å². The third kappa shape index (κ3) is 5.61. The number of hydrogen-bond donors (Lipinski definition) is 0. The van der Waals surface area contributed by atoms with Crippen molar-refractivity contribution in [1.82, 2.24) is 23.0 Å². The Balaban J connectivity index is 1.39. The molecule has 11 heteroatoms. The maximum absolute atomic E-state index is 14.6. The molecule has 2 unspecified atom stereocenters. The summed E-state index contributed by atoms with van der Waals surface area (Å²) >= 11 is 0. The summed E-state index contributed by atoms with van der Waals surface area (Å²) < 4.78 is 35.6. The number of hydrogen-bond acceptors (Lipinski definition) is 6. The highest BCUT2D eigenvalue weighted by atomic mass is 32.2. The highest BCUT2D eigenvalue weighted by molar-refractivity contribution is 7.87. The summed E-state index contributed by atoms with van der Waals surface area (Å²) in [7, 11) is 4.00. The van der Waals surface area contributed by atoms with E-state index < -0.39 is 21.5 Å². The fourth-order valence-electron chi connectivity index (χ4n) is 8.68. The minimum atomic E-state index is -3.96. The van der Waals surface area contributed by atoms with Crippen LogP contribution in [0, 0.1) is 5.41 Å². The zero-order valence-electron chi connectivity index (χ0n) is 28.9. The molecular weight excluding hydrogens is 627 g/mol. The molecule has 0 N–H and O–H groups in total. The van der Waals surface area contributed by atoms with E-state index >= 15 is 0 Å². The van der Waals surface area contributed by atoms with Gasteiger partial charge in [0.15, 0.2) is 0 Å². The average Bonchev–Trinajstić information content (AvgIpc) is 3.74. The Hall–Kier alpha value is -3.41. The summed E-state index contributed by atoms with van der Waals surface area (Å²) in [5.74, 6) is 0.805. The highest BCUT2D eigenvalue weighted by Gasteiger charge is 2.56. The van der Waals surface area contributed by atoms with E-state index in [4.69, 9.17) is 4.74 Å². The minimum absolute atomic E-state index is 0.261. The second kappa shape index (κ2) is 12.5. The standard InChI is InChI=1S/C37H49N5O5S/c1-38(2)48(45,46)40(4)35(43)27-13-18-31-32(21-27)41(24-37(19-20-37)36(44)42-28-14-15-29(42)23-39(3)22-28)34(26-11-16-30(47-5)17-12-26)33(31)25-9-7-6-8-10-25/h11-13,16-18,21,25,28-29H,6-10,14-15,19-20,22-24H2,1-5H3. The summed E-state index contributed by atoms with van der Waals surface area (Å²) in [5, 5.41) is 1.07. The Labute approximate surface area is 284 Å². The molecule has 2 atom stereocenters. The first-order chi connectivity index (χ1) is 22.9. The van der Waals surface area contributed by atoms with Gasteiger partial charge in [-0.15, -0.1) is 0 Å². The van der Waals surface area contributed by atoms with Gasteiger partial charge in [-0.3, -0.25) is 9.59 Å². The number of piperazine rings is 1. The molecule has 3 aromatic rings. The molecule has 3 heterocycles. The van der Waals surface area contributed by atoms with E-state index in [-0.39, 0.29) is 18.0 Å². The maximum Gasteiger partial charge on any atom is 0.305 e. The quantitative estimate of drug-likeness (QED) is 0.305. The van der Waals surface area contributed by atoms with Crippen LogP contribution in [-0.4, -0.2) is 104 Å². The largest absolute Gasteiger partial charge is 0.497 e. The number of benzene rings is 2. The number of nitrogens with zero attached hydrogens (tertiary/aromatic N) is 5. The van der Waals surface area contributed by atoms with E-state index in [1.54, 1.807) is 13.2 Å². The van der Waals surface area contributed by atoms with E-state index in [9.17, 15) is 18.0 Å². The third-order valence-corrected chi connectivity index (χ3v) is 13.3. The van der Waals surface area contributed by atoms with E-state index in [0.717, 1.165) is 101 Å². The van der Waals surface area contributed by atoms with Crippen LogP contribution in [0.15, 0.2) is 42.5 Å². The molecule has 2 aromatic carbocycles. The Morgan fingerprint density at radius 1 is 0.917 bits per heavy atom. The van der Waals surface area contributed by atoms with E-state index in [2.05, 4.69) is 33.5 Å². The SMILES string of the molecule is COc1ccc(-c2c(C3CCCCC3)c3ccc(C(=O)N(C)S(=O)(=O)N(C)C)cc3n2CC2(C(=O)N3C4CCC3CN(C)C4)CC2)cc1. The Morgan fingerprint density at radius 3 is 2.15 bits per heavy atom. The molecule has 2 saturated carbocycles. The Morgan fingerprint density at radius 2 is 1.56 bits per heavy atom. The molecule has 1 aromatic heterocycles. The lowest BCUT2D eigenvalue weighted by molar-refractivity contribution is -0.143. The number of amides is 2. The summed E-state index contributed by atoms with van der Waals surface area (Å²) in [4.78, 5) is 32.9. The summed E-state index contributed by atoms with van der Waals surface area (Å²) in [5.41, 5.74) is 4.10. The topological polar surface area (TPSA) is 95.4 Å². The lowest BCUT2D eigenvalue weighted by atomic mass is 9.81. The zero-order valence-corrected chi connectivity index (χ0v) is 29.8. The van der Waals surface area contributed by atoms with Gasteiger partial charge in [0.2, 0.25) is 5.91 Å². The van der Waals surface area contributed by atoms with Crippen LogP contribution < -0.4 is 4.74 Å². The molecule has 2 aliphatic heterocycles. The number of likely N-dealkylation sites (tertiary alicyclic amines) is 1. The second-order valence-electron chi connectivity index (χ2n) is 14.8. The molecule has 258 valence electrons. The molecule has 2 aliphatic carbocycles. The smallest absolute Gasteiger partial charge is 0.305 e. The maximum atomic E-state index is 14.6. The van der Waals surface area contributed by atoms with Crippen molar-refractivity contribution in [2.75, 3.05) is 48.4 Å². The van der Waals surface area contributed by atoms with Crippen LogP contribution in [0.3, 0.4) is 0 Å². The summed E-state index contributed by atoms with van der Waals surface area (Å²) in [6.07, 6.45) is 9.50. The fourth-order valence-corrected chi connectivity index (χ4v) is 9.49. The molecule has 7 rings (SSSR count). The van der Waals surface area contributed by atoms with Gasteiger partial charge in [-0.25, -0.2) is 4.31 Å². The predicted octanol–water partition coefficient (Wildman–Crippen LogP) is 5.33. The predicted molar refractivity (Wildman–Crippen MR) is 187 cm³/mol. The molecule has 0 spiro atoms. The van der Waals surface area contributed by atoms with Crippen molar-refractivity contribution in [3.8, 4) is 17.0 Å². The molecule has 10 nitrogen and oxygen atoms in total. The average molecular weight is 676 g/mol. The number of ether oxygens (including phenoxy) is 1. The van der Waals surface area contributed by atoms with Crippen LogP contribution >= 0.6 is 0 Å². The van der Waals surface area contributed by atoms with Gasteiger partial charge in [-0.2, -0.15) is 12.7 Å². The van der Waals surface area contributed by atoms with E-state index in [0.29, 0.717) is 18.0 Å². The highest BCUT2D eigenvalue weighted by Crippen LogP contribution is 2.53. The molecular formula is C37H49N5O5S. The molecule has 4 aliphatic rings. The van der Waals surface area contributed by atoms with Crippen LogP contribution in [0.25, 0.3) is 22.2 Å². The molecule has 2 saturated heterocycles. The molecule has 48 heavy (non-hydrogen) atoms. The van der Waals surface area contributed by atoms with Gasteiger partial charge in [0, 0.05) is 69.3 Å². The summed E-state index contributed by atoms with van der Waals surface area (Å²) in [6, 6.07) is 14.3. The first-order valence-electron chi connectivity index (χ1n) is 17.5. The fraction of sp³-hybridized carbons (Fsp3) is 0.568. The Kier molecular flexibility index (Phi) is 8.61. The van der Waals surface area contributed by atoms with Crippen molar-refractivity contribution in [3.05, 3.63) is 53.6 Å². The van der Waals surface area contributed by atoms with Crippen molar-refractivity contribution in [2.45, 2.75) is 82.3 Å². The first-order valence-corrected chi connectivity index (χ1v) is 18.9. The number of rotatable bonds is 9. The van der Waals surface area contributed by atoms with Crippen LogP contribution in [-0.2, 0) is 21.5 Å². The van der Waals surface area contributed by atoms with Crippen molar-refractivity contribution >= 4 is 32.9 Å². The van der Waals surface area contributed by atoms with Gasteiger partial charge in [0.05, 0.1) is 18.2 Å². The van der Waals surface area contributed by atoms with Crippen molar-refractivity contribution in [3.63, 3.8) is 0 Å². The zero-order chi connectivity index (χ0) is 34.0.